The molecular formula is C9H15BN5Na. The molecule has 0 aromatic rings. The van der Waals surface area contributed by atoms with Crippen molar-refractivity contribution in [2.24, 2.45) is 10.2 Å². The zero-order valence-electron chi connectivity index (χ0n) is 9.74. The first-order valence-corrected chi connectivity index (χ1v) is 3.82. The van der Waals surface area contributed by atoms with Crippen LogP contribution < -0.4 is 29.6 Å². The third-order valence-corrected chi connectivity index (χ3v) is 1.10. The Bertz CT molecular complexity index is 314. The molecule has 0 amide bonds. The fourth-order valence-electron chi connectivity index (χ4n) is 0.295. The van der Waals surface area contributed by atoms with Gasteiger partial charge in [-0.2, -0.15) is 26.7 Å². The molecule has 0 atom stereocenters. The van der Waals surface area contributed by atoms with Crippen molar-refractivity contribution in [2.75, 3.05) is 0 Å². The van der Waals surface area contributed by atoms with Gasteiger partial charge in [-0.1, -0.05) is 0 Å². The van der Waals surface area contributed by atoms with Crippen LogP contribution in [0.4, 0.5) is 0 Å². The summed E-state index contributed by atoms with van der Waals surface area (Å²) in [7, 11) is 0.0694. The smallest absolute Gasteiger partial charge is 0.251 e. The molecule has 0 spiro atoms. The Hall–Kier alpha value is -0.865. The molecule has 0 heterocycles. The molecule has 0 saturated heterocycles. The number of rotatable bonds is 2. The van der Waals surface area contributed by atoms with E-state index in [1.165, 1.54) is 0 Å². The maximum absolute atomic E-state index is 8.58. The van der Waals surface area contributed by atoms with Crippen LogP contribution in [0, 0.1) is 33.9 Å². The predicted molar refractivity (Wildman–Crippen MR) is 59.8 cm³/mol. The van der Waals surface area contributed by atoms with Gasteiger partial charge in [0, 0.05) is 0 Å². The van der Waals surface area contributed by atoms with Gasteiger partial charge < -0.3 is 0 Å². The fourth-order valence-corrected chi connectivity index (χ4v) is 0.295. The van der Waals surface area contributed by atoms with Crippen LogP contribution in [0.25, 0.3) is 0 Å². The van der Waals surface area contributed by atoms with Crippen molar-refractivity contribution in [3.05, 3.63) is 0 Å². The van der Waals surface area contributed by atoms with E-state index in [1.54, 1.807) is 27.7 Å². The largest absolute Gasteiger partial charge is 1.00 e. The Morgan fingerprint density at radius 1 is 0.875 bits per heavy atom. The molecule has 0 bridgehead atoms. The molecule has 0 N–H and O–H groups in total. The van der Waals surface area contributed by atoms with Gasteiger partial charge in [-0.15, -0.1) is 0 Å². The van der Waals surface area contributed by atoms with E-state index >= 15 is 0 Å². The Balaban J connectivity index is -0.000000377. The van der Waals surface area contributed by atoms with Crippen molar-refractivity contribution in [3.8, 4) is 18.1 Å². The zero-order valence-corrected chi connectivity index (χ0v) is 11.7. The third-order valence-electron chi connectivity index (χ3n) is 1.10. The summed E-state index contributed by atoms with van der Waals surface area (Å²) < 4.78 is 0. The molecule has 0 aliphatic heterocycles. The average Bonchev–Trinajstić information content (AvgIpc) is 2.17. The molecule has 0 radical (unpaired) electrons. The second-order valence-electron chi connectivity index (χ2n) is 3.54. The first kappa shape index (κ1) is 20.5. The number of hydrogen-bond donors (Lipinski definition) is 0. The topological polar surface area (TPSA) is 96.1 Å². The van der Waals surface area contributed by atoms with Crippen molar-refractivity contribution in [1.82, 2.24) is 0 Å². The summed E-state index contributed by atoms with van der Waals surface area (Å²) in [4.78, 5) is 0. The molecule has 0 saturated carbocycles. The maximum Gasteiger partial charge on any atom is 1.00 e. The van der Waals surface area contributed by atoms with E-state index in [0.717, 1.165) is 0 Å². The molecular weight excluding hydrogens is 212 g/mol. The number of nitriles is 3. The minimum absolute atomic E-state index is 0. The normalized spacial score (nSPS) is 9.88. The minimum Gasteiger partial charge on any atom is -0.251 e. The van der Waals surface area contributed by atoms with Gasteiger partial charge in [-0.3, -0.25) is 5.26 Å². The summed E-state index contributed by atoms with van der Waals surface area (Å²) in [5.41, 5.74) is -1.68. The van der Waals surface area contributed by atoms with E-state index < -0.39 is 11.1 Å². The molecule has 0 aliphatic carbocycles. The van der Waals surface area contributed by atoms with Gasteiger partial charge in [0.2, 0.25) is 0 Å². The van der Waals surface area contributed by atoms with Crippen LogP contribution in [0.5, 0.6) is 0 Å². The van der Waals surface area contributed by atoms with Gasteiger partial charge >= 0.3 is 29.6 Å². The fraction of sp³-hybridized carbons (Fsp3) is 0.667. The monoisotopic (exact) mass is 227 g/mol. The minimum atomic E-state index is -0.839. The van der Waals surface area contributed by atoms with Crippen molar-refractivity contribution in [3.63, 3.8) is 0 Å². The van der Waals surface area contributed by atoms with Gasteiger partial charge in [-0.05, 0) is 27.7 Å². The number of azo groups is 1. The molecule has 16 heavy (non-hydrogen) atoms. The molecule has 0 rings (SSSR count). The quantitative estimate of drug-likeness (QED) is 0.398. The van der Waals surface area contributed by atoms with Gasteiger partial charge in [0.15, 0.2) is 11.1 Å². The van der Waals surface area contributed by atoms with Crippen LogP contribution in [0.3, 0.4) is 0 Å². The van der Waals surface area contributed by atoms with Gasteiger partial charge in [-0.25, -0.2) is 0 Å². The zero-order chi connectivity index (χ0) is 12.5. The van der Waals surface area contributed by atoms with Crippen LogP contribution >= 0.6 is 0 Å². The first-order valence-electron chi connectivity index (χ1n) is 3.82. The summed E-state index contributed by atoms with van der Waals surface area (Å²) in [6, 6.07) is 3.94. The average molecular weight is 227 g/mol. The summed E-state index contributed by atoms with van der Waals surface area (Å²) >= 11 is 0. The van der Waals surface area contributed by atoms with Crippen LogP contribution in [0.2, 0.25) is 0 Å². The van der Waals surface area contributed by atoms with Crippen molar-refractivity contribution in [1.29, 1.82) is 15.8 Å². The summed E-state index contributed by atoms with van der Waals surface area (Å²) in [5.74, 6) is 2.00. The van der Waals surface area contributed by atoms with Crippen molar-refractivity contribution >= 4 is 7.85 Å². The van der Waals surface area contributed by atoms with Crippen LogP contribution in [0.15, 0.2) is 10.2 Å². The maximum atomic E-state index is 8.58. The SMILES string of the molecule is CC(C)(C#N)N=NC(C)(C)C#N.[BH3-]C#N.[Na+]. The molecule has 5 nitrogen and oxygen atoms in total. The van der Waals surface area contributed by atoms with Crippen molar-refractivity contribution < 1.29 is 29.6 Å². The summed E-state index contributed by atoms with van der Waals surface area (Å²) in [6.45, 7) is 6.57. The van der Waals surface area contributed by atoms with E-state index in [4.69, 9.17) is 15.8 Å². The summed E-state index contributed by atoms with van der Waals surface area (Å²) in [5, 5.41) is 32.1. The Kier molecular flexibility index (Phi) is 12.0. The molecule has 0 fully saturated rings. The van der Waals surface area contributed by atoms with Crippen LogP contribution in [0.1, 0.15) is 27.7 Å². The van der Waals surface area contributed by atoms with E-state index in [1.807, 2.05) is 18.1 Å². The molecule has 0 unspecified atom stereocenters. The number of hydrogen-bond acceptors (Lipinski definition) is 5. The molecule has 7 heteroatoms. The van der Waals surface area contributed by atoms with E-state index in [2.05, 4.69) is 10.2 Å². The molecule has 0 aromatic heterocycles. The second-order valence-corrected chi connectivity index (χ2v) is 3.54. The van der Waals surface area contributed by atoms with Gasteiger partial charge in [0.1, 0.15) is 0 Å². The van der Waals surface area contributed by atoms with Crippen LogP contribution in [-0.2, 0) is 0 Å². The van der Waals surface area contributed by atoms with E-state index in [9.17, 15) is 0 Å². The van der Waals surface area contributed by atoms with Gasteiger partial charge in [0.25, 0.3) is 0 Å². The molecule has 0 aliphatic rings. The third kappa shape index (κ3) is 13.1. The predicted octanol–water partition coefficient (Wildman–Crippen LogP) is -2.12. The summed E-state index contributed by atoms with van der Waals surface area (Å²) in [6.07, 6.45) is 0. The molecule has 0 aromatic carbocycles. The Morgan fingerprint density at radius 2 is 1.06 bits per heavy atom. The van der Waals surface area contributed by atoms with E-state index in [-0.39, 0.29) is 37.4 Å². The second kappa shape index (κ2) is 9.37. The van der Waals surface area contributed by atoms with Crippen molar-refractivity contribution in [2.45, 2.75) is 38.8 Å². The first-order chi connectivity index (χ1) is 6.74. The molecule has 80 valence electrons. The van der Waals surface area contributed by atoms with Crippen LogP contribution in [-0.4, -0.2) is 18.9 Å². The van der Waals surface area contributed by atoms with E-state index in [0.29, 0.717) is 0 Å². The van der Waals surface area contributed by atoms with Gasteiger partial charge in [0.05, 0.1) is 20.0 Å². The standard InChI is InChI=1S/C8H12N4.CH3BN.Na/c1-7(2,5-9)11-12-8(3,4)6-10;2-1-3;/h1-4H3;2H3;/q;-1;+1. The number of nitrogens with zero attached hydrogens (tertiary/aromatic N) is 5. The Morgan fingerprint density at radius 3 is 1.19 bits per heavy atom. The Labute approximate surface area is 120 Å².